The molecule has 0 bridgehead atoms. The number of anilines is 1. The SMILES string of the molecule is Cc1cc2cc(NC(=NC3(C)CN(CC(=O)NCc4ccccc4C(CCO)c4ccccc4)CCCCCC3=O)NC#N)ccc2o1. The van der Waals surface area contributed by atoms with Crippen LogP contribution in [0.15, 0.2) is 88.3 Å². The number of hydrogen-bond donors (Lipinski definition) is 4. The maximum absolute atomic E-state index is 13.6. The third-order valence-electron chi connectivity index (χ3n) is 8.84. The summed E-state index contributed by atoms with van der Waals surface area (Å²) in [6.07, 6.45) is 5.34. The molecule has 48 heavy (non-hydrogen) atoms. The molecule has 0 aliphatic carbocycles. The summed E-state index contributed by atoms with van der Waals surface area (Å²) >= 11 is 0. The van der Waals surface area contributed by atoms with E-state index in [0.717, 1.165) is 52.7 Å². The van der Waals surface area contributed by atoms with Gasteiger partial charge in [0.25, 0.3) is 0 Å². The van der Waals surface area contributed by atoms with E-state index in [-0.39, 0.29) is 43.3 Å². The topological polar surface area (TPSA) is 143 Å². The molecule has 1 aliphatic heterocycles. The average Bonchev–Trinajstić information content (AvgIpc) is 3.47. The van der Waals surface area contributed by atoms with Gasteiger partial charge in [-0.25, -0.2) is 4.99 Å². The number of furan rings is 1. The molecule has 2 heterocycles. The molecule has 0 saturated carbocycles. The zero-order chi connectivity index (χ0) is 33.9. The number of carbonyl (C=O) groups is 2. The maximum atomic E-state index is 13.6. The Morgan fingerprint density at radius 3 is 2.67 bits per heavy atom. The lowest BCUT2D eigenvalue weighted by Crippen LogP contribution is -2.49. The molecule has 1 saturated heterocycles. The number of aliphatic imine (C=N–C) groups is 1. The summed E-state index contributed by atoms with van der Waals surface area (Å²) in [5, 5.41) is 29.1. The fourth-order valence-corrected chi connectivity index (χ4v) is 6.48. The Morgan fingerprint density at radius 2 is 1.88 bits per heavy atom. The third kappa shape index (κ3) is 8.88. The predicted molar refractivity (Wildman–Crippen MR) is 187 cm³/mol. The molecule has 0 radical (unpaired) electrons. The zero-order valence-corrected chi connectivity index (χ0v) is 27.7. The molecular weight excluding hydrogens is 604 g/mol. The molecule has 4 aromatic rings. The van der Waals surface area contributed by atoms with E-state index < -0.39 is 5.54 Å². The summed E-state index contributed by atoms with van der Waals surface area (Å²) in [4.78, 5) is 33.8. The molecule has 5 rings (SSSR count). The molecule has 1 amide bonds. The summed E-state index contributed by atoms with van der Waals surface area (Å²) in [5.74, 6) is 0.755. The van der Waals surface area contributed by atoms with Crippen molar-refractivity contribution in [2.24, 2.45) is 4.99 Å². The fraction of sp³-hybridized carbons (Fsp3) is 0.368. The number of nitrogens with zero attached hydrogens (tertiary/aromatic N) is 3. The van der Waals surface area contributed by atoms with Crippen LogP contribution in [-0.2, 0) is 16.1 Å². The number of carbonyl (C=O) groups excluding carboxylic acids is 2. The smallest absolute Gasteiger partial charge is 0.234 e. The number of Topliss-reactive ketones (excluding diaryl/α,β-unsaturated/α-hetero) is 1. The van der Waals surface area contributed by atoms with Crippen LogP contribution in [-0.4, -0.2) is 59.4 Å². The molecule has 1 aliphatic rings. The quantitative estimate of drug-likeness (QED) is 0.0752. The van der Waals surface area contributed by atoms with Crippen molar-refractivity contribution in [2.45, 2.75) is 64.0 Å². The van der Waals surface area contributed by atoms with Crippen LogP contribution in [0.25, 0.3) is 11.0 Å². The van der Waals surface area contributed by atoms with Crippen LogP contribution in [0.1, 0.15) is 67.4 Å². The molecule has 1 fully saturated rings. The van der Waals surface area contributed by atoms with Crippen LogP contribution in [0.4, 0.5) is 5.69 Å². The van der Waals surface area contributed by atoms with E-state index in [2.05, 4.69) is 34.1 Å². The minimum Gasteiger partial charge on any atom is -0.461 e. The number of aryl methyl sites for hydroxylation is 1. The first-order chi connectivity index (χ1) is 23.3. The van der Waals surface area contributed by atoms with Gasteiger partial charge in [-0.2, -0.15) is 5.26 Å². The first kappa shape index (κ1) is 34.4. The third-order valence-corrected chi connectivity index (χ3v) is 8.84. The number of aliphatic hydroxyl groups is 1. The van der Waals surface area contributed by atoms with Crippen LogP contribution in [0.2, 0.25) is 0 Å². The van der Waals surface area contributed by atoms with Gasteiger partial charge in [0.2, 0.25) is 11.9 Å². The number of rotatable bonds is 10. The van der Waals surface area contributed by atoms with Crippen molar-refractivity contribution in [3.05, 3.63) is 101 Å². The summed E-state index contributed by atoms with van der Waals surface area (Å²) < 4.78 is 5.68. The van der Waals surface area contributed by atoms with Gasteiger partial charge < -0.3 is 20.2 Å². The van der Waals surface area contributed by atoms with Gasteiger partial charge in [-0.1, -0.05) is 61.0 Å². The minimum absolute atomic E-state index is 0.00235. The van der Waals surface area contributed by atoms with E-state index in [1.807, 2.05) is 78.7 Å². The number of benzene rings is 3. The lowest BCUT2D eigenvalue weighted by atomic mass is 9.86. The fourth-order valence-electron chi connectivity index (χ4n) is 6.48. The summed E-state index contributed by atoms with van der Waals surface area (Å²) in [6.45, 7) is 5.01. The second-order valence-corrected chi connectivity index (χ2v) is 12.6. The second-order valence-electron chi connectivity index (χ2n) is 12.6. The molecular formula is C38H44N6O4. The van der Waals surface area contributed by atoms with Crippen molar-refractivity contribution in [1.29, 1.82) is 5.26 Å². The maximum Gasteiger partial charge on any atom is 0.234 e. The van der Waals surface area contributed by atoms with Crippen molar-refractivity contribution in [3.63, 3.8) is 0 Å². The molecule has 250 valence electrons. The molecule has 3 aromatic carbocycles. The first-order valence-corrected chi connectivity index (χ1v) is 16.6. The van der Waals surface area contributed by atoms with E-state index in [1.165, 1.54) is 0 Å². The second kappa shape index (κ2) is 16.2. The molecule has 2 unspecified atom stereocenters. The van der Waals surface area contributed by atoms with Gasteiger partial charge in [0.15, 0.2) is 12.0 Å². The van der Waals surface area contributed by atoms with E-state index in [0.29, 0.717) is 31.6 Å². The molecule has 10 heteroatoms. The van der Waals surface area contributed by atoms with Crippen LogP contribution in [0.5, 0.6) is 0 Å². The Hall–Kier alpha value is -4.98. The Morgan fingerprint density at radius 1 is 1.08 bits per heavy atom. The normalized spacial score (nSPS) is 18.3. The summed E-state index contributed by atoms with van der Waals surface area (Å²) in [7, 11) is 0. The molecule has 10 nitrogen and oxygen atoms in total. The number of guanidine groups is 1. The lowest BCUT2D eigenvalue weighted by Gasteiger charge is -2.31. The lowest BCUT2D eigenvalue weighted by molar-refractivity contribution is -0.126. The van der Waals surface area contributed by atoms with Gasteiger partial charge >= 0.3 is 0 Å². The Bertz CT molecular complexity index is 1780. The van der Waals surface area contributed by atoms with Crippen molar-refractivity contribution in [3.8, 4) is 6.19 Å². The summed E-state index contributed by atoms with van der Waals surface area (Å²) in [5.41, 5.74) is 3.41. The molecule has 0 spiro atoms. The van der Waals surface area contributed by atoms with Crippen LogP contribution >= 0.6 is 0 Å². The molecule has 2 atom stereocenters. The van der Waals surface area contributed by atoms with E-state index in [4.69, 9.17) is 9.41 Å². The number of aliphatic hydroxyl groups excluding tert-OH is 1. The van der Waals surface area contributed by atoms with Crippen molar-refractivity contribution in [2.75, 3.05) is 31.6 Å². The van der Waals surface area contributed by atoms with Crippen LogP contribution in [0.3, 0.4) is 0 Å². The van der Waals surface area contributed by atoms with Gasteiger partial charge in [0.1, 0.15) is 16.9 Å². The number of hydrogen-bond acceptors (Lipinski definition) is 7. The molecule has 1 aromatic heterocycles. The molecule has 4 N–H and O–H groups in total. The van der Waals surface area contributed by atoms with E-state index >= 15 is 0 Å². The largest absolute Gasteiger partial charge is 0.461 e. The van der Waals surface area contributed by atoms with E-state index in [9.17, 15) is 20.0 Å². The predicted octanol–water partition coefficient (Wildman–Crippen LogP) is 5.61. The van der Waals surface area contributed by atoms with Gasteiger partial charge in [0.05, 0.1) is 6.54 Å². The number of ketones is 1. The highest BCUT2D eigenvalue weighted by Crippen LogP contribution is 2.30. The van der Waals surface area contributed by atoms with Gasteiger partial charge in [-0.05, 0) is 80.6 Å². The van der Waals surface area contributed by atoms with Gasteiger partial charge in [-0.15, -0.1) is 0 Å². The monoisotopic (exact) mass is 648 g/mol. The Kier molecular flexibility index (Phi) is 11.6. The average molecular weight is 649 g/mol. The van der Waals surface area contributed by atoms with Gasteiger partial charge in [-0.3, -0.25) is 19.8 Å². The first-order valence-electron chi connectivity index (χ1n) is 16.6. The van der Waals surface area contributed by atoms with Gasteiger partial charge in [0, 0.05) is 43.1 Å². The Labute approximate surface area is 281 Å². The number of nitriles is 1. The van der Waals surface area contributed by atoms with Crippen LogP contribution < -0.4 is 16.0 Å². The highest BCUT2D eigenvalue weighted by atomic mass is 16.3. The van der Waals surface area contributed by atoms with Crippen molar-refractivity contribution < 1.29 is 19.1 Å². The Balaban J connectivity index is 1.31. The van der Waals surface area contributed by atoms with Crippen molar-refractivity contribution in [1.82, 2.24) is 15.5 Å². The number of amides is 1. The standard InChI is InChI=1S/C38H44N6O4/c1-27-21-30-22-31(16-17-34(30)48-27)42-37(41-26-39)43-38(2)25-44(19-10-4-7-15-35(38)46)24-36(47)40-23-29-13-8-9-14-32(29)33(18-20-45)28-11-5-3-6-12-28/h3,5-6,8-9,11-14,16-17,21-22,33,45H,4,7,10,15,18-20,23-25H2,1-2H3,(H,40,47)(H2,41,42,43). The minimum atomic E-state index is -1.20. The highest BCUT2D eigenvalue weighted by molar-refractivity contribution is 5.99. The number of nitrogens with one attached hydrogen (secondary N) is 3. The summed E-state index contributed by atoms with van der Waals surface area (Å²) in [6, 6.07) is 25.6. The highest BCUT2D eigenvalue weighted by Gasteiger charge is 2.36. The van der Waals surface area contributed by atoms with Crippen LogP contribution in [0, 0.1) is 18.4 Å². The zero-order valence-electron chi connectivity index (χ0n) is 27.7. The van der Waals surface area contributed by atoms with E-state index in [1.54, 1.807) is 6.92 Å². The number of fused-ring (bicyclic) bond motifs is 1. The van der Waals surface area contributed by atoms with Crippen molar-refractivity contribution >= 4 is 34.3 Å².